The number of nitrogens with zero attached hydrogens (tertiary/aromatic N) is 1. The van der Waals surface area contributed by atoms with Crippen LogP contribution in [0.25, 0.3) is 0 Å². The second-order valence-corrected chi connectivity index (χ2v) is 10.2. The third-order valence-electron chi connectivity index (χ3n) is 7.19. The van der Waals surface area contributed by atoms with Crippen LogP contribution in [-0.4, -0.2) is 44.0 Å². The molecule has 2 aliphatic rings. The topological polar surface area (TPSA) is 46.3 Å². The lowest BCUT2D eigenvalue weighted by Gasteiger charge is -2.36. The minimum absolute atomic E-state index is 0.0735. The second kappa shape index (κ2) is 9.82. The summed E-state index contributed by atoms with van der Waals surface area (Å²) in [4.78, 5) is 30.4. The van der Waals surface area contributed by atoms with E-state index in [2.05, 4.69) is 76.6 Å². The summed E-state index contributed by atoms with van der Waals surface area (Å²) < 4.78 is 0.785. The number of hydrogen-bond acceptors (Lipinski definition) is 2. The summed E-state index contributed by atoms with van der Waals surface area (Å²) in [6.45, 7) is 5.65. The van der Waals surface area contributed by atoms with Gasteiger partial charge >= 0.3 is 0 Å². The summed E-state index contributed by atoms with van der Waals surface area (Å²) in [5.41, 5.74) is 4.37. The highest BCUT2D eigenvalue weighted by atomic mass is 79.9. The fraction of sp³-hybridized carbons (Fsp3) is 0.286. The average Bonchev–Trinajstić information content (AvgIpc) is 3.15. The standard InChI is InChI=1S/C28H28BrN3O2/c1-20-12-13-24(23(29)18-20)32-26(33)19-25(28(32)34)30-14-16-31(17-15-30)27(21-8-4-2-5-9-21)22-10-6-3-7-11-22/h2-13,18,25,27H,14-17,19H2,1H3/p+2/t25-/m0/s1. The van der Waals surface area contributed by atoms with Crippen LogP contribution in [0.3, 0.4) is 0 Å². The van der Waals surface area contributed by atoms with E-state index in [0.29, 0.717) is 5.69 Å². The van der Waals surface area contributed by atoms with E-state index in [-0.39, 0.29) is 30.3 Å². The lowest BCUT2D eigenvalue weighted by molar-refractivity contribution is -1.03. The molecular formula is C28H30BrN3O2+2. The molecule has 2 fully saturated rings. The molecule has 2 saturated heterocycles. The molecule has 2 aliphatic heterocycles. The first-order chi connectivity index (χ1) is 16.5. The second-order valence-electron chi connectivity index (χ2n) is 9.35. The molecule has 174 valence electrons. The fourth-order valence-corrected chi connectivity index (χ4v) is 6.15. The van der Waals surface area contributed by atoms with E-state index in [1.54, 1.807) is 0 Å². The summed E-state index contributed by atoms with van der Waals surface area (Å²) >= 11 is 3.54. The highest BCUT2D eigenvalue weighted by Gasteiger charge is 2.48. The molecule has 2 amide bonds. The Bertz CT molecular complexity index is 1140. The molecule has 2 N–H and O–H groups in total. The smallest absolute Gasteiger partial charge is 0.292 e. The van der Waals surface area contributed by atoms with Crippen molar-refractivity contribution in [2.75, 3.05) is 31.1 Å². The van der Waals surface area contributed by atoms with E-state index >= 15 is 0 Å². The molecule has 0 radical (unpaired) electrons. The Morgan fingerprint density at radius 1 is 0.853 bits per heavy atom. The minimum Gasteiger partial charge on any atom is -0.316 e. The minimum atomic E-state index is -0.297. The third-order valence-corrected chi connectivity index (χ3v) is 7.83. The van der Waals surface area contributed by atoms with Gasteiger partial charge in [0, 0.05) is 15.6 Å². The van der Waals surface area contributed by atoms with Crippen LogP contribution in [-0.2, 0) is 9.59 Å². The van der Waals surface area contributed by atoms with Gasteiger partial charge in [0.05, 0.1) is 12.1 Å². The molecule has 5 rings (SSSR count). The number of rotatable bonds is 5. The summed E-state index contributed by atoms with van der Waals surface area (Å²) in [6.07, 6.45) is 0.282. The zero-order valence-corrected chi connectivity index (χ0v) is 20.9. The number of imide groups is 1. The van der Waals surface area contributed by atoms with Gasteiger partial charge in [0.1, 0.15) is 32.2 Å². The monoisotopic (exact) mass is 519 g/mol. The van der Waals surface area contributed by atoms with Crippen LogP contribution in [0.2, 0.25) is 0 Å². The van der Waals surface area contributed by atoms with Crippen LogP contribution in [0.15, 0.2) is 83.3 Å². The molecule has 0 saturated carbocycles. The number of halogens is 1. The van der Waals surface area contributed by atoms with Crippen LogP contribution in [0.1, 0.15) is 29.2 Å². The number of quaternary nitrogens is 2. The fourth-order valence-electron chi connectivity index (χ4n) is 5.48. The van der Waals surface area contributed by atoms with E-state index in [1.807, 2.05) is 25.1 Å². The number of benzene rings is 3. The molecule has 0 unspecified atom stereocenters. The predicted octanol–water partition coefficient (Wildman–Crippen LogP) is 1.96. The van der Waals surface area contributed by atoms with Crippen molar-refractivity contribution in [1.82, 2.24) is 0 Å². The Balaban J connectivity index is 1.32. The van der Waals surface area contributed by atoms with Crippen molar-refractivity contribution >= 4 is 33.4 Å². The van der Waals surface area contributed by atoms with Crippen LogP contribution < -0.4 is 14.7 Å². The number of anilines is 1. The normalized spacial score (nSPS) is 23.0. The molecule has 5 nitrogen and oxygen atoms in total. The van der Waals surface area contributed by atoms with E-state index < -0.39 is 0 Å². The first kappa shape index (κ1) is 23.0. The van der Waals surface area contributed by atoms with E-state index in [9.17, 15) is 9.59 Å². The number of aryl methyl sites for hydroxylation is 1. The Hall–Kier alpha value is -2.80. The van der Waals surface area contributed by atoms with E-state index in [1.165, 1.54) is 25.8 Å². The van der Waals surface area contributed by atoms with Crippen molar-refractivity contribution in [2.24, 2.45) is 0 Å². The Kier molecular flexibility index (Phi) is 6.63. The van der Waals surface area contributed by atoms with Gasteiger partial charge in [-0.1, -0.05) is 66.7 Å². The Morgan fingerprint density at radius 3 is 2.00 bits per heavy atom. The molecule has 6 heteroatoms. The largest absolute Gasteiger partial charge is 0.316 e. The number of carbonyl (C=O) groups is 2. The van der Waals surface area contributed by atoms with Gasteiger partial charge in [-0.15, -0.1) is 0 Å². The molecule has 3 aromatic rings. The number of hydrogen-bond donors (Lipinski definition) is 2. The highest BCUT2D eigenvalue weighted by Crippen LogP contribution is 2.31. The maximum absolute atomic E-state index is 13.4. The average molecular weight is 520 g/mol. The predicted molar refractivity (Wildman–Crippen MR) is 136 cm³/mol. The van der Waals surface area contributed by atoms with E-state index in [4.69, 9.17) is 0 Å². The third kappa shape index (κ3) is 4.45. The van der Waals surface area contributed by atoms with Gasteiger partial charge in [0.25, 0.3) is 5.91 Å². The number of piperazine rings is 1. The van der Waals surface area contributed by atoms with Crippen molar-refractivity contribution < 1.29 is 19.4 Å². The van der Waals surface area contributed by atoms with Gasteiger partial charge in [0.15, 0.2) is 6.04 Å². The molecule has 0 aliphatic carbocycles. The van der Waals surface area contributed by atoms with Gasteiger partial charge in [-0.2, -0.15) is 0 Å². The van der Waals surface area contributed by atoms with Crippen molar-refractivity contribution in [3.05, 3.63) is 100 Å². The number of carbonyl (C=O) groups excluding carboxylic acids is 2. The lowest BCUT2D eigenvalue weighted by Crippen LogP contribution is -3.30. The molecule has 2 heterocycles. The Labute approximate surface area is 209 Å². The highest BCUT2D eigenvalue weighted by molar-refractivity contribution is 9.10. The SMILES string of the molecule is Cc1ccc(N2C(=O)C[C@H]([NH+]3CC[NH+](C(c4ccccc4)c4ccccc4)CC3)C2=O)c(Br)c1. The van der Waals surface area contributed by atoms with Gasteiger partial charge in [-0.05, 0) is 40.5 Å². The summed E-state index contributed by atoms with van der Waals surface area (Å²) in [7, 11) is 0. The zero-order chi connectivity index (χ0) is 23.7. The van der Waals surface area contributed by atoms with Crippen LogP contribution in [0, 0.1) is 6.92 Å². The van der Waals surface area contributed by atoms with E-state index in [0.717, 1.165) is 36.2 Å². The Morgan fingerprint density at radius 2 is 1.44 bits per heavy atom. The number of amides is 2. The molecule has 3 aromatic carbocycles. The molecule has 0 bridgehead atoms. The van der Waals surface area contributed by atoms with Gasteiger partial charge < -0.3 is 9.80 Å². The quantitative estimate of drug-likeness (QED) is 0.506. The summed E-state index contributed by atoms with van der Waals surface area (Å²) in [5, 5.41) is 0. The van der Waals surface area contributed by atoms with Crippen LogP contribution in [0.5, 0.6) is 0 Å². The molecule has 0 aromatic heterocycles. The molecule has 34 heavy (non-hydrogen) atoms. The van der Waals surface area contributed by atoms with Gasteiger partial charge in [0.2, 0.25) is 5.91 Å². The van der Waals surface area contributed by atoms with Crippen molar-refractivity contribution in [2.45, 2.75) is 25.4 Å². The van der Waals surface area contributed by atoms with Crippen molar-refractivity contribution in [1.29, 1.82) is 0 Å². The molecule has 0 spiro atoms. The number of nitrogens with one attached hydrogen (secondary N) is 2. The molecular weight excluding hydrogens is 490 g/mol. The van der Waals surface area contributed by atoms with Crippen LogP contribution in [0.4, 0.5) is 5.69 Å². The lowest BCUT2D eigenvalue weighted by atomic mass is 9.96. The van der Waals surface area contributed by atoms with Crippen molar-refractivity contribution in [3.8, 4) is 0 Å². The van der Waals surface area contributed by atoms with Gasteiger partial charge in [-0.25, -0.2) is 4.90 Å². The maximum atomic E-state index is 13.4. The van der Waals surface area contributed by atoms with Crippen molar-refractivity contribution in [3.63, 3.8) is 0 Å². The van der Waals surface area contributed by atoms with Gasteiger partial charge in [-0.3, -0.25) is 9.59 Å². The molecule has 1 atom stereocenters. The summed E-state index contributed by atoms with van der Waals surface area (Å²) in [6, 6.07) is 27.1. The first-order valence-corrected chi connectivity index (χ1v) is 12.7. The first-order valence-electron chi connectivity index (χ1n) is 11.9. The zero-order valence-electron chi connectivity index (χ0n) is 19.3. The van der Waals surface area contributed by atoms with Crippen LogP contribution >= 0.6 is 15.9 Å². The summed E-state index contributed by atoms with van der Waals surface area (Å²) in [5.74, 6) is -0.177. The maximum Gasteiger partial charge on any atom is 0.292 e.